The quantitative estimate of drug-likeness (QED) is 0.852. The van der Waals surface area contributed by atoms with Crippen LogP contribution < -0.4 is 0 Å². The van der Waals surface area contributed by atoms with Crippen LogP contribution in [0.5, 0.6) is 0 Å². The number of imidazole rings is 1. The summed E-state index contributed by atoms with van der Waals surface area (Å²) in [5, 5.41) is 9.83. The van der Waals surface area contributed by atoms with E-state index in [1.807, 2.05) is 36.1 Å². The van der Waals surface area contributed by atoms with Gasteiger partial charge in [-0.3, -0.25) is 9.69 Å². The number of ether oxygens (including phenoxy) is 1. The Morgan fingerprint density at radius 3 is 2.95 bits per heavy atom. The summed E-state index contributed by atoms with van der Waals surface area (Å²) in [4.78, 5) is 18.4. The monoisotopic (exact) mass is 303 g/mol. The van der Waals surface area contributed by atoms with Gasteiger partial charge in [0, 0.05) is 26.1 Å². The van der Waals surface area contributed by atoms with Crippen molar-refractivity contribution in [3.8, 4) is 0 Å². The van der Waals surface area contributed by atoms with Crippen LogP contribution >= 0.6 is 0 Å². The number of benzene rings is 1. The fourth-order valence-electron chi connectivity index (χ4n) is 3.21. The number of carbonyl (C=O) groups excluding carboxylic acids is 1. The summed E-state index contributed by atoms with van der Waals surface area (Å²) in [6.07, 6.45) is -0.0270. The van der Waals surface area contributed by atoms with Crippen LogP contribution in [0.4, 0.5) is 0 Å². The number of hydrogen-bond donors (Lipinski definition) is 1. The lowest BCUT2D eigenvalue weighted by Gasteiger charge is -2.22. The van der Waals surface area contributed by atoms with Crippen LogP contribution in [0.2, 0.25) is 0 Å². The van der Waals surface area contributed by atoms with E-state index in [4.69, 9.17) is 4.74 Å². The molecular weight excluding hydrogens is 282 g/mol. The first-order valence-corrected chi connectivity index (χ1v) is 7.52. The van der Waals surface area contributed by atoms with Gasteiger partial charge < -0.3 is 14.4 Å². The van der Waals surface area contributed by atoms with E-state index in [2.05, 4.69) is 9.55 Å². The van der Waals surface area contributed by atoms with Crippen LogP contribution in [0.1, 0.15) is 12.2 Å². The summed E-state index contributed by atoms with van der Waals surface area (Å²) < 4.78 is 6.98. The Morgan fingerprint density at radius 1 is 1.41 bits per heavy atom. The number of aromatic nitrogens is 2. The topological polar surface area (TPSA) is 67.6 Å². The molecule has 0 unspecified atom stereocenters. The highest BCUT2D eigenvalue weighted by Gasteiger charge is 2.36. The third-order valence-corrected chi connectivity index (χ3v) is 4.31. The predicted octanol–water partition coefficient (Wildman–Crippen LogP) is 0.953. The first kappa shape index (κ1) is 15.0. The molecule has 1 aromatic heterocycles. The van der Waals surface area contributed by atoms with Crippen molar-refractivity contribution >= 4 is 17.0 Å². The van der Waals surface area contributed by atoms with Gasteiger partial charge in [0.1, 0.15) is 11.9 Å². The Balaban J connectivity index is 1.76. The molecule has 0 saturated carbocycles. The number of β-amino-alcohol motifs (C(OH)–C–C–N with tert-alkyl or cyclic N) is 1. The molecular formula is C16H21N3O3. The third-order valence-electron chi connectivity index (χ3n) is 4.31. The summed E-state index contributed by atoms with van der Waals surface area (Å²) in [5.41, 5.74) is 2.07. The minimum absolute atomic E-state index is 0.274. The first-order valence-electron chi connectivity index (χ1n) is 7.52. The van der Waals surface area contributed by atoms with E-state index in [-0.39, 0.29) is 12.0 Å². The van der Waals surface area contributed by atoms with Crippen LogP contribution in [0.25, 0.3) is 11.0 Å². The van der Waals surface area contributed by atoms with Crippen molar-refractivity contribution in [3.05, 3.63) is 30.1 Å². The molecule has 1 saturated heterocycles. The number of likely N-dealkylation sites (tertiary alicyclic amines) is 1. The van der Waals surface area contributed by atoms with E-state index in [9.17, 15) is 9.90 Å². The van der Waals surface area contributed by atoms with Gasteiger partial charge in [0.05, 0.1) is 24.2 Å². The van der Waals surface area contributed by atoms with Crippen molar-refractivity contribution in [2.45, 2.75) is 32.0 Å². The Morgan fingerprint density at radius 2 is 2.18 bits per heavy atom. The fraction of sp³-hybridized carbons (Fsp3) is 0.500. The molecule has 2 aromatic rings. The van der Waals surface area contributed by atoms with E-state index in [1.165, 1.54) is 7.11 Å². The van der Waals surface area contributed by atoms with Crippen molar-refractivity contribution in [2.24, 2.45) is 0 Å². The van der Waals surface area contributed by atoms with Crippen LogP contribution in [-0.4, -0.2) is 57.9 Å². The SMILES string of the molecule is COC(=O)[C@H]1C[C@H](O)CN1CCn1c(C)nc2ccccc21. The van der Waals surface area contributed by atoms with Gasteiger partial charge in [-0.2, -0.15) is 0 Å². The Kier molecular flexibility index (Phi) is 4.13. The van der Waals surface area contributed by atoms with Gasteiger partial charge in [0.2, 0.25) is 0 Å². The van der Waals surface area contributed by atoms with E-state index >= 15 is 0 Å². The second-order valence-electron chi connectivity index (χ2n) is 5.72. The molecule has 1 fully saturated rings. The number of esters is 1. The minimum Gasteiger partial charge on any atom is -0.468 e. The number of fused-ring (bicyclic) bond motifs is 1. The molecule has 1 aromatic carbocycles. The normalized spacial score (nSPS) is 22.3. The van der Waals surface area contributed by atoms with E-state index in [1.54, 1.807) is 0 Å². The maximum atomic E-state index is 11.8. The summed E-state index contributed by atoms with van der Waals surface area (Å²) in [5.74, 6) is 0.680. The molecule has 3 rings (SSSR count). The lowest BCUT2D eigenvalue weighted by atomic mass is 10.2. The lowest BCUT2D eigenvalue weighted by molar-refractivity contribution is -0.145. The predicted molar refractivity (Wildman–Crippen MR) is 82.5 cm³/mol. The highest BCUT2D eigenvalue weighted by molar-refractivity contribution is 5.76. The Hall–Kier alpha value is -1.92. The summed E-state index contributed by atoms with van der Waals surface area (Å²) >= 11 is 0. The van der Waals surface area contributed by atoms with Gasteiger partial charge >= 0.3 is 5.97 Å². The number of para-hydroxylation sites is 2. The van der Waals surface area contributed by atoms with Gasteiger partial charge in [-0.1, -0.05) is 12.1 Å². The lowest BCUT2D eigenvalue weighted by Crippen LogP contribution is -2.38. The average molecular weight is 303 g/mol. The van der Waals surface area contributed by atoms with Crippen molar-refractivity contribution in [3.63, 3.8) is 0 Å². The smallest absolute Gasteiger partial charge is 0.323 e. The maximum Gasteiger partial charge on any atom is 0.323 e. The largest absolute Gasteiger partial charge is 0.468 e. The molecule has 1 N–H and O–H groups in total. The zero-order valence-electron chi connectivity index (χ0n) is 12.9. The molecule has 22 heavy (non-hydrogen) atoms. The van der Waals surface area contributed by atoms with Crippen molar-refractivity contribution in [1.29, 1.82) is 0 Å². The van der Waals surface area contributed by atoms with Gasteiger partial charge in [-0.15, -0.1) is 0 Å². The molecule has 6 heteroatoms. The number of methoxy groups -OCH3 is 1. The second kappa shape index (κ2) is 6.06. The van der Waals surface area contributed by atoms with E-state index in [0.717, 1.165) is 23.4 Å². The number of aliphatic hydroxyl groups excluding tert-OH is 1. The maximum absolute atomic E-state index is 11.8. The zero-order valence-corrected chi connectivity index (χ0v) is 12.9. The number of hydrogen-bond acceptors (Lipinski definition) is 5. The molecule has 2 atom stereocenters. The molecule has 0 radical (unpaired) electrons. The second-order valence-corrected chi connectivity index (χ2v) is 5.72. The van der Waals surface area contributed by atoms with Gasteiger partial charge in [-0.05, 0) is 19.1 Å². The van der Waals surface area contributed by atoms with Crippen LogP contribution in [0, 0.1) is 6.92 Å². The van der Waals surface area contributed by atoms with E-state index in [0.29, 0.717) is 19.5 Å². The van der Waals surface area contributed by atoms with Gasteiger partial charge in [-0.25, -0.2) is 4.98 Å². The highest BCUT2D eigenvalue weighted by Crippen LogP contribution is 2.20. The van der Waals surface area contributed by atoms with Crippen molar-refractivity contribution in [2.75, 3.05) is 20.2 Å². The minimum atomic E-state index is -0.468. The molecule has 0 bridgehead atoms. The molecule has 1 aliphatic rings. The third kappa shape index (κ3) is 2.71. The van der Waals surface area contributed by atoms with Crippen molar-refractivity contribution < 1.29 is 14.6 Å². The van der Waals surface area contributed by atoms with Gasteiger partial charge in [0.25, 0.3) is 0 Å². The Bertz CT molecular complexity index is 682. The summed E-state index contributed by atoms with van der Waals surface area (Å²) in [7, 11) is 1.39. The molecule has 2 heterocycles. The van der Waals surface area contributed by atoms with Crippen LogP contribution in [0.3, 0.4) is 0 Å². The van der Waals surface area contributed by atoms with E-state index < -0.39 is 6.10 Å². The summed E-state index contributed by atoms with van der Waals surface area (Å²) in [6.45, 7) is 3.90. The highest BCUT2D eigenvalue weighted by atomic mass is 16.5. The molecule has 0 aliphatic carbocycles. The molecule has 1 aliphatic heterocycles. The molecule has 6 nitrogen and oxygen atoms in total. The number of aliphatic hydroxyl groups is 1. The number of nitrogens with zero attached hydrogens (tertiary/aromatic N) is 3. The standard InChI is InChI=1S/C16H21N3O3/c1-11-17-13-5-3-4-6-14(13)19(11)8-7-18-10-12(20)9-15(18)16(21)22-2/h3-6,12,15,20H,7-10H2,1-2H3/t12-,15+/m0/s1. The molecule has 0 spiro atoms. The van der Waals surface area contributed by atoms with Crippen LogP contribution in [-0.2, 0) is 16.1 Å². The molecule has 118 valence electrons. The summed E-state index contributed by atoms with van der Waals surface area (Å²) in [6, 6.07) is 7.66. The van der Waals surface area contributed by atoms with Crippen LogP contribution in [0.15, 0.2) is 24.3 Å². The first-order chi connectivity index (χ1) is 10.6. The number of carbonyl (C=O) groups is 1. The van der Waals surface area contributed by atoms with Gasteiger partial charge in [0.15, 0.2) is 0 Å². The fourth-order valence-corrected chi connectivity index (χ4v) is 3.21. The number of rotatable bonds is 4. The Labute approximate surface area is 129 Å². The number of aryl methyl sites for hydroxylation is 1. The average Bonchev–Trinajstić information content (AvgIpc) is 3.03. The zero-order chi connectivity index (χ0) is 15.7. The molecule has 0 amide bonds. The van der Waals surface area contributed by atoms with Crippen molar-refractivity contribution in [1.82, 2.24) is 14.5 Å².